The molecule has 1 aliphatic rings. The van der Waals surface area contributed by atoms with Crippen LogP contribution in [0.4, 0.5) is 0 Å². The summed E-state index contributed by atoms with van der Waals surface area (Å²) in [5, 5.41) is 0. The predicted molar refractivity (Wildman–Crippen MR) is 46.2 cm³/mol. The number of carbonyl (C=O) groups excluding carboxylic acids is 1. The van der Waals surface area contributed by atoms with Gasteiger partial charge in [0.15, 0.2) is 0 Å². The van der Waals surface area contributed by atoms with Crippen molar-refractivity contribution in [2.45, 2.75) is 51.9 Å². The molecule has 0 saturated heterocycles. The molecule has 1 nitrogen and oxygen atoms in total. The largest absolute Gasteiger partial charge is 0.300 e. The highest BCUT2D eigenvalue weighted by Gasteiger charge is 2.18. The van der Waals surface area contributed by atoms with Crippen molar-refractivity contribution in [3.63, 3.8) is 0 Å². The molecule has 0 unspecified atom stereocenters. The second-order valence-corrected chi connectivity index (χ2v) is 3.42. The average Bonchev–Trinajstić information content (AvgIpc) is 2.01. The Bertz CT molecular complexity index is 129. The van der Waals surface area contributed by atoms with E-state index in [1.807, 2.05) is 0 Å². The molecule has 0 aliphatic heterocycles. The lowest BCUT2D eigenvalue weighted by Gasteiger charge is -2.19. The molecule has 1 radical (unpaired) electrons. The predicted octanol–water partition coefficient (Wildman–Crippen LogP) is 2.89. The van der Waals surface area contributed by atoms with Crippen molar-refractivity contribution < 1.29 is 4.79 Å². The highest BCUT2D eigenvalue weighted by molar-refractivity contribution is 5.81. The van der Waals surface area contributed by atoms with Crippen LogP contribution >= 0.6 is 0 Å². The van der Waals surface area contributed by atoms with Crippen LogP contribution in [0, 0.1) is 5.92 Å². The smallest absolute Gasteiger partial charge is 0.133 e. The van der Waals surface area contributed by atoms with Gasteiger partial charge in [0.1, 0.15) is 5.78 Å². The molecule has 11 heavy (non-hydrogen) atoms. The van der Waals surface area contributed by atoms with E-state index in [2.05, 4.69) is 6.92 Å². The molecule has 1 aliphatic carbocycles. The lowest BCUT2D eigenvalue weighted by Crippen LogP contribution is -2.12. The normalized spacial score (nSPS) is 20.6. The molecular formula is C10H17O. The number of rotatable bonds is 3. The third-order valence-corrected chi connectivity index (χ3v) is 2.32. The lowest BCUT2D eigenvalue weighted by molar-refractivity contribution is -0.119. The number of hydrogen-bond donors (Lipinski definition) is 0. The molecule has 0 spiro atoms. The Morgan fingerprint density at radius 1 is 1.36 bits per heavy atom. The summed E-state index contributed by atoms with van der Waals surface area (Å²) in [5.74, 6) is 1.96. The molecule has 0 bridgehead atoms. The van der Waals surface area contributed by atoms with Crippen molar-refractivity contribution in [3.05, 3.63) is 5.92 Å². The first-order valence-electron chi connectivity index (χ1n) is 4.68. The van der Waals surface area contributed by atoms with Crippen LogP contribution in [0.3, 0.4) is 0 Å². The molecule has 1 fully saturated rings. The summed E-state index contributed by atoms with van der Waals surface area (Å²) < 4.78 is 0. The van der Waals surface area contributed by atoms with Gasteiger partial charge in [0.2, 0.25) is 0 Å². The van der Waals surface area contributed by atoms with Crippen molar-refractivity contribution in [2.24, 2.45) is 0 Å². The molecule has 0 heterocycles. The van der Waals surface area contributed by atoms with Gasteiger partial charge in [-0.15, -0.1) is 0 Å². The molecule has 0 amide bonds. The first kappa shape index (κ1) is 8.76. The molecule has 0 aromatic heterocycles. The van der Waals surface area contributed by atoms with Gasteiger partial charge in [0, 0.05) is 12.8 Å². The van der Waals surface area contributed by atoms with Crippen LogP contribution < -0.4 is 0 Å². The zero-order valence-electron chi connectivity index (χ0n) is 7.36. The van der Waals surface area contributed by atoms with E-state index in [1.54, 1.807) is 0 Å². The monoisotopic (exact) mass is 153 g/mol. The summed E-state index contributed by atoms with van der Waals surface area (Å²) in [7, 11) is 0. The van der Waals surface area contributed by atoms with Crippen molar-refractivity contribution in [1.29, 1.82) is 0 Å². The Morgan fingerprint density at radius 2 is 2.18 bits per heavy atom. The number of hydrogen-bond acceptors (Lipinski definition) is 1. The standard InChI is InChI=1S/C10H17O/c1-2-3-5-9-6-4-7-10(11)8-9/h2-8H2,1H3. The third kappa shape index (κ3) is 3.04. The zero-order chi connectivity index (χ0) is 8.10. The second kappa shape index (κ2) is 4.53. The van der Waals surface area contributed by atoms with Crippen LogP contribution in [0.5, 0.6) is 0 Å². The maximum absolute atomic E-state index is 11.0. The van der Waals surface area contributed by atoms with Gasteiger partial charge in [-0.2, -0.15) is 0 Å². The number of carbonyl (C=O) groups is 1. The Hall–Kier alpha value is -0.330. The maximum atomic E-state index is 11.0. The van der Waals surface area contributed by atoms with Gasteiger partial charge >= 0.3 is 0 Å². The highest BCUT2D eigenvalue weighted by Crippen LogP contribution is 2.27. The first-order valence-corrected chi connectivity index (χ1v) is 4.68. The molecule has 1 saturated carbocycles. The molecule has 0 atom stereocenters. The number of unbranched alkanes of at least 4 members (excludes halogenated alkanes) is 1. The highest BCUT2D eigenvalue weighted by atomic mass is 16.1. The average molecular weight is 153 g/mol. The van der Waals surface area contributed by atoms with Crippen LogP contribution in [0.2, 0.25) is 0 Å². The summed E-state index contributed by atoms with van der Waals surface area (Å²) in [6, 6.07) is 0. The van der Waals surface area contributed by atoms with Crippen molar-refractivity contribution in [3.8, 4) is 0 Å². The minimum Gasteiger partial charge on any atom is -0.300 e. The van der Waals surface area contributed by atoms with Crippen LogP contribution in [0.1, 0.15) is 51.9 Å². The van der Waals surface area contributed by atoms with Crippen molar-refractivity contribution >= 4 is 5.78 Å². The maximum Gasteiger partial charge on any atom is 0.133 e. The molecule has 63 valence electrons. The summed E-state index contributed by atoms with van der Waals surface area (Å²) in [6.45, 7) is 2.20. The van der Waals surface area contributed by atoms with Gasteiger partial charge < -0.3 is 0 Å². The molecular weight excluding hydrogens is 136 g/mol. The summed E-state index contributed by atoms with van der Waals surface area (Å²) in [4.78, 5) is 11.0. The second-order valence-electron chi connectivity index (χ2n) is 3.42. The Balaban J connectivity index is 2.17. The SMILES string of the molecule is CCCC[C]1CCCC(=O)C1. The van der Waals surface area contributed by atoms with Crippen LogP contribution in [-0.2, 0) is 4.79 Å². The van der Waals surface area contributed by atoms with Gasteiger partial charge in [-0.3, -0.25) is 4.79 Å². The summed E-state index contributed by atoms with van der Waals surface area (Å²) in [6.07, 6.45) is 7.65. The van der Waals surface area contributed by atoms with Crippen molar-refractivity contribution in [2.75, 3.05) is 0 Å². The Morgan fingerprint density at radius 3 is 2.82 bits per heavy atom. The zero-order valence-corrected chi connectivity index (χ0v) is 7.36. The molecule has 1 heteroatoms. The van der Waals surface area contributed by atoms with Crippen LogP contribution in [-0.4, -0.2) is 5.78 Å². The minimum absolute atomic E-state index is 0.461. The lowest BCUT2D eigenvalue weighted by atomic mass is 9.85. The van der Waals surface area contributed by atoms with E-state index < -0.39 is 0 Å². The third-order valence-electron chi connectivity index (χ3n) is 2.32. The molecule has 1 rings (SSSR count). The minimum atomic E-state index is 0.461. The van der Waals surface area contributed by atoms with Gasteiger partial charge in [0.25, 0.3) is 0 Å². The Kier molecular flexibility index (Phi) is 3.61. The van der Waals surface area contributed by atoms with Gasteiger partial charge in [-0.25, -0.2) is 0 Å². The fourth-order valence-electron chi connectivity index (χ4n) is 1.63. The fraction of sp³-hybridized carbons (Fsp3) is 0.800. The fourth-order valence-corrected chi connectivity index (χ4v) is 1.63. The number of Topliss-reactive ketones (excluding diaryl/α,β-unsaturated/α-hetero) is 1. The quantitative estimate of drug-likeness (QED) is 0.609. The molecule has 0 N–H and O–H groups in total. The van der Waals surface area contributed by atoms with Crippen LogP contribution in [0.15, 0.2) is 0 Å². The van der Waals surface area contributed by atoms with Gasteiger partial charge in [-0.1, -0.05) is 19.8 Å². The van der Waals surface area contributed by atoms with E-state index in [0.29, 0.717) is 5.78 Å². The van der Waals surface area contributed by atoms with Crippen LogP contribution in [0.25, 0.3) is 0 Å². The van der Waals surface area contributed by atoms with Crippen molar-refractivity contribution in [1.82, 2.24) is 0 Å². The van der Waals surface area contributed by atoms with Gasteiger partial charge in [0.05, 0.1) is 0 Å². The van der Waals surface area contributed by atoms with E-state index in [1.165, 1.54) is 31.6 Å². The van der Waals surface area contributed by atoms with E-state index >= 15 is 0 Å². The topological polar surface area (TPSA) is 17.1 Å². The summed E-state index contributed by atoms with van der Waals surface area (Å²) in [5.41, 5.74) is 0. The molecule has 0 aromatic carbocycles. The van der Waals surface area contributed by atoms with Gasteiger partial charge in [-0.05, 0) is 25.2 Å². The molecule has 0 aromatic rings. The Labute approximate surface area is 69.2 Å². The van der Waals surface area contributed by atoms with E-state index in [0.717, 1.165) is 19.3 Å². The summed E-state index contributed by atoms with van der Waals surface area (Å²) >= 11 is 0. The number of ketones is 1. The van der Waals surface area contributed by atoms with E-state index in [4.69, 9.17) is 0 Å². The first-order chi connectivity index (χ1) is 5.33. The van der Waals surface area contributed by atoms with E-state index in [9.17, 15) is 4.79 Å². The van der Waals surface area contributed by atoms with E-state index in [-0.39, 0.29) is 0 Å².